The summed E-state index contributed by atoms with van der Waals surface area (Å²) >= 11 is 0. The molecule has 1 N–H and O–H groups in total. The second kappa shape index (κ2) is 8.53. The molecule has 0 radical (unpaired) electrons. The second-order valence-corrected chi connectivity index (χ2v) is 7.76. The lowest BCUT2D eigenvalue weighted by Crippen LogP contribution is -2.55. The van der Waals surface area contributed by atoms with Gasteiger partial charge in [-0.05, 0) is 18.6 Å². The Balaban J connectivity index is 1.54. The molecule has 168 valence electrons. The molecule has 0 aliphatic carbocycles. The molecule has 32 heavy (non-hydrogen) atoms. The molecule has 4 heterocycles. The molecule has 2 aromatic rings. The maximum atomic E-state index is 13.4. The van der Waals surface area contributed by atoms with Gasteiger partial charge >= 0.3 is 6.18 Å². The van der Waals surface area contributed by atoms with Crippen molar-refractivity contribution in [2.45, 2.75) is 31.6 Å². The molecule has 1 amide bonds. The van der Waals surface area contributed by atoms with Gasteiger partial charge in [-0.15, -0.1) is 0 Å². The van der Waals surface area contributed by atoms with Crippen LogP contribution in [-0.2, 0) is 23.9 Å². The number of piperazine rings is 1. The van der Waals surface area contributed by atoms with E-state index in [0.717, 1.165) is 23.3 Å². The number of fused-ring (bicyclic) bond motifs is 1. The first-order valence-corrected chi connectivity index (χ1v) is 10.2. The molecule has 1 atom stereocenters. The van der Waals surface area contributed by atoms with Gasteiger partial charge in [0.05, 0.1) is 42.0 Å². The maximum absolute atomic E-state index is 13.4. The number of nitrogens with one attached hydrogen (secondary N) is 1. The van der Waals surface area contributed by atoms with Gasteiger partial charge in [-0.3, -0.25) is 14.9 Å². The van der Waals surface area contributed by atoms with Crippen molar-refractivity contribution in [1.82, 2.24) is 20.1 Å². The lowest BCUT2D eigenvalue weighted by molar-refractivity contribution is -0.137. The highest BCUT2D eigenvalue weighted by molar-refractivity contribution is 5.87. The van der Waals surface area contributed by atoms with E-state index in [2.05, 4.69) is 27.8 Å². The summed E-state index contributed by atoms with van der Waals surface area (Å²) in [7, 11) is 0. The van der Waals surface area contributed by atoms with Crippen molar-refractivity contribution < 1.29 is 18.0 Å². The standard InChI is InChI=1S/C21H22F3N7O/c1-2-19(32)31-10-9-30(12-14(31)3-6-25)20-15-5-8-29(13-17(15)27-28-20)18-4-7-26-11-16(18)21(22,23)24/h2,4,7,11,14H,1,3,5,8-10,12-13H2,(H,27,28). The molecule has 0 spiro atoms. The third kappa shape index (κ3) is 4.00. The van der Waals surface area contributed by atoms with E-state index in [1.165, 1.54) is 18.3 Å². The summed E-state index contributed by atoms with van der Waals surface area (Å²) in [5.41, 5.74) is 1.06. The molecule has 8 nitrogen and oxygen atoms in total. The van der Waals surface area contributed by atoms with Crippen molar-refractivity contribution in [2.75, 3.05) is 36.0 Å². The molecular formula is C21H22F3N7O. The summed E-state index contributed by atoms with van der Waals surface area (Å²) < 4.78 is 40.2. The van der Waals surface area contributed by atoms with Crippen LogP contribution in [0.3, 0.4) is 0 Å². The predicted molar refractivity (Wildman–Crippen MR) is 111 cm³/mol. The molecule has 2 aliphatic rings. The number of carbonyl (C=O) groups is 1. The van der Waals surface area contributed by atoms with Crippen molar-refractivity contribution in [3.8, 4) is 6.07 Å². The molecule has 1 fully saturated rings. The fourth-order valence-electron chi connectivity index (χ4n) is 4.38. The number of nitriles is 1. The fraction of sp³-hybridized carbons (Fsp3) is 0.429. The predicted octanol–water partition coefficient (Wildman–Crippen LogP) is 2.50. The quantitative estimate of drug-likeness (QED) is 0.727. The zero-order valence-corrected chi connectivity index (χ0v) is 17.3. The first-order chi connectivity index (χ1) is 15.3. The van der Waals surface area contributed by atoms with Crippen LogP contribution in [0.2, 0.25) is 0 Å². The van der Waals surface area contributed by atoms with Crippen LogP contribution < -0.4 is 9.80 Å². The van der Waals surface area contributed by atoms with Crippen LogP contribution in [0.5, 0.6) is 0 Å². The van der Waals surface area contributed by atoms with Gasteiger partial charge in [0.2, 0.25) is 5.91 Å². The number of anilines is 2. The molecule has 0 aromatic carbocycles. The van der Waals surface area contributed by atoms with Crippen molar-refractivity contribution in [2.24, 2.45) is 0 Å². The first kappa shape index (κ1) is 21.7. The van der Waals surface area contributed by atoms with E-state index in [-0.39, 0.29) is 30.6 Å². The van der Waals surface area contributed by atoms with E-state index in [1.54, 1.807) is 9.80 Å². The molecular weight excluding hydrogens is 423 g/mol. The van der Waals surface area contributed by atoms with E-state index in [0.29, 0.717) is 32.6 Å². The zero-order valence-electron chi connectivity index (χ0n) is 17.3. The Hall–Kier alpha value is -3.55. The lowest BCUT2D eigenvalue weighted by atomic mass is 10.0. The Morgan fingerprint density at radius 3 is 2.88 bits per heavy atom. The zero-order chi connectivity index (χ0) is 22.9. The number of pyridine rings is 1. The third-order valence-corrected chi connectivity index (χ3v) is 5.92. The van der Waals surface area contributed by atoms with E-state index < -0.39 is 11.7 Å². The maximum Gasteiger partial charge on any atom is 0.419 e. The molecule has 0 bridgehead atoms. The molecule has 0 saturated carbocycles. The van der Waals surface area contributed by atoms with Gasteiger partial charge in [-0.1, -0.05) is 6.58 Å². The average Bonchev–Trinajstić information content (AvgIpc) is 3.21. The minimum atomic E-state index is -4.48. The van der Waals surface area contributed by atoms with Gasteiger partial charge in [0, 0.05) is 44.1 Å². The number of hydrogen-bond acceptors (Lipinski definition) is 6. The number of nitrogens with zero attached hydrogens (tertiary/aromatic N) is 6. The monoisotopic (exact) mass is 445 g/mol. The average molecular weight is 445 g/mol. The Kier molecular flexibility index (Phi) is 5.78. The van der Waals surface area contributed by atoms with E-state index in [9.17, 15) is 23.2 Å². The van der Waals surface area contributed by atoms with Gasteiger partial charge in [-0.25, -0.2) is 0 Å². The molecule has 2 aromatic heterocycles. The summed E-state index contributed by atoms with van der Waals surface area (Å²) in [6, 6.07) is 3.23. The largest absolute Gasteiger partial charge is 0.419 e. The van der Waals surface area contributed by atoms with Crippen LogP contribution in [0.1, 0.15) is 23.2 Å². The molecule has 11 heteroatoms. The summed E-state index contributed by atoms with van der Waals surface area (Å²) in [5, 5.41) is 16.6. The van der Waals surface area contributed by atoms with Gasteiger partial charge in [-0.2, -0.15) is 23.5 Å². The SMILES string of the molecule is C=CC(=O)N1CCN(c2n[nH]c3c2CCN(c2ccncc2C(F)(F)F)C3)CC1CC#N. The highest BCUT2D eigenvalue weighted by Crippen LogP contribution is 2.38. The number of aromatic amines is 1. The van der Waals surface area contributed by atoms with Crippen LogP contribution in [-0.4, -0.2) is 58.2 Å². The van der Waals surface area contributed by atoms with Gasteiger partial charge in [0.15, 0.2) is 5.82 Å². The van der Waals surface area contributed by atoms with Gasteiger partial charge < -0.3 is 14.7 Å². The molecule has 1 saturated heterocycles. The Bertz CT molecular complexity index is 1060. The smallest absolute Gasteiger partial charge is 0.365 e. The highest BCUT2D eigenvalue weighted by Gasteiger charge is 2.37. The number of halogens is 3. The normalized spacial score (nSPS) is 18.8. The van der Waals surface area contributed by atoms with Crippen molar-refractivity contribution in [3.63, 3.8) is 0 Å². The van der Waals surface area contributed by atoms with Crippen LogP contribution in [0.25, 0.3) is 0 Å². The van der Waals surface area contributed by atoms with Crippen LogP contribution >= 0.6 is 0 Å². The van der Waals surface area contributed by atoms with E-state index in [4.69, 9.17) is 0 Å². The number of rotatable bonds is 4. The number of hydrogen-bond donors (Lipinski definition) is 1. The van der Waals surface area contributed by atoms with E-state index in [1.807, 2.05) is 4.90 Å². The van der Waals surface area contributed by atoms with Crippen LogP contribution in [0.4, 0.5) is 24.7 Å². The number of carbonyl (C=O) groups excluding carboxylic acids is 1. The van der Waals surface area contributed by atoms with Crippen LogP contribution in [0.15, 0.2) is 31.1 Å². The van der Waals surface area contributed by atoms with Crippen molar-refractivity contribution >= 4 is 17.4 Å². The van der Waals surface area contributed by atoms with E-state index >= 15 is 0 Å². The lowest BCUT2D eigenvalue weighted by Gasteiger charge is -2.41. The van der Waals surface area contributed by atoms with Gasteiger partial charge in [0.1, 0.15) is 0 Å². The Morgan fingerprint density at radius 1 is 1.34 bits per heavy atom. The topological polar surface area (TPSA) is 92.2 Å². The third-order valence-electron chi connectivity index (χ3n) is 5.92. The number of aromatic nitrogens is 3. The first-order valence-electron chi connectivity index (χ1n) is 10.2. The fourth-order valence-corrected chi connectivity index (χ4v) is 4.38. The van der Waals surface area contributed by atoms with Crippen molar-refractivity contribution in [3.05, 3.63) is 47.9 Å². The second-order valence-electron chi connectivity index (χ2n) is 7.76. The summed E-state index contributed by atoms with van der Waals surface area (Å²) in [6.45, 7) is 5.65. The molecule has 4 rings (SSSR count). The number of alkyl halides is 3. The van der Waals surface area contributed by atoms with Crippen molar-refractivity contribution in [1.29, 1.82) is 5.26 Å². The highest BCUT2D eigenvalue weighted by atomic mass is 19.4. The molecule has 2 aliphatic heterocycles. The minimum absolute atomic E-state index is 0.0972. The summed E-state index contributed by atoms with van der Waals surface area (Å²) in [6.07, 6.45) is -0.310. The number of amides is 1. The molecule has 1 unspecified atom stereocenters. The van der Waals surface area contributed by atoms with Gasteiger partial charge in [0.25, 0.3) is 0 Å². The summed E-state index contributed by atoms with van der Waals surface area (Å²) in [4.78, 5) is 21.1. The van der Waals surface area contributed by atoms with Crippen LogP contribution in [0, 0.1) is 11.3 Å². The Morgan fingerprint density at radius 2 is 2.16 bits per heavy atom. The Labute approximate surface area is 182 Å². The summed E-state index contributed by atoms with van der Waals surface area (Å²) in [5.74, 6) is 0.529. The minimum Gasteiger partial charge on any atom is -0.365 e. The number of H-pyrrole nitrogens is 1.